The van der Waals surface area contributed by atoms with Gasteiger partial charge in [-0.15, -0.1) is 10.2 Å². The third kappa shape index (κ3) is 5.97. The SMILES string of the molecule is CCCCCCc1nc(CCC(=O)O)cn1-c1ccc(-c2ccc(C(=N)N)cc2)nn1. The molecule has 0 aliphatic rings. The van der Waals surface area contributed by atoms with Crippen LogP contribution in [0.3, 0.4) is 0 Å². The van der Waals surface area contributed by atoms with Crippen molar-refractivity contribution < 1.29 is 9.90 Å². The lowest BCUT2D eigenvalue weighted by Gasteiger charge is -2.07. The molecule has 0 bridgehead atoms. The minimum Gasteiger partial charge on any atom is -0.481 e. The number of carboxylic acids is 1. The second-order valence-electron chi connectivity index (χ2n) is 7.49. The number of unbranched alkanes of at least 4 members (excludes halogenated alkanes) is 3. The fraction of sp³-hybridized carbons (Fsp3) is 0.348. The van der Waals surface area contributed by atoms with Gasteiger partial charge < -0.3 is 10.8 Å². The summed E-state index contributed by atoms with van der Waals surface area (Å²) >= 11 is 0. The molecule has 0 amide bonds. The number of amidine groups is 1. The van der Waals surface area contributed by atoms with Crippen LogP contribution in [0.5, 0.6) is 0 Å². The molecule has 0 saturated carbocycles. The molecule has 3 aromatic rings. The van der Waals surface area contributed by atoms with E-state index in [0.717, 1.165) is 42.0 Å². The predicted octanol–water partition coefficient (Wildman–Crippen LogP) is 3.75. The summed E-state index contributed by atoms with van der Waals surface area (Å²) < 4.78 is 1.92. The Balaban J connectivity index is 1.82. The molecular weight excluding hydrogens is 392 g/mol. The number of nitrogens with two attached hydrogens (primary N) is 1. The highest BCUT2D eigenvalue weighted by molar-refractivity contribution is 5.95. The van der Waals surface area contributed by atoms with Crippen molar-refractivity contribution in [2.24, 2.45) is 5.73 Å². The maximum Gasteiger partial charge on any atom is 0.303 e. The molecule has 2 aromatic heterocycles. The van der Waals surface area contributed by atoms with Gasteiger partial charge >= 0.3 is 5.97 Å². The molecule has 3 rings (SSSR count). The summed E-state index contributed by atoms with van der Waals surface area (Å²) in [5, 5.41) is 25.2. The maximum absolute atomic E-state index is 10.9. The topological polar surface area (TPSA) is 131 Å². The Morgan fingerprint density at radius 3 is 2.45 bits per heavy atom. The van der Waals surface area contributed by atoms with E-state index in [1.807, 2.05) is 35.0 Å². The van der Waals surface area contributed by atoms with E-state index in [-0.39, 0.29) is 12.3 Å². The standard InChI is InChI=1S/C23H28N6O2/c1-2-3-4-5-6-20-26-18(11-14-22(30)31)15-29(20)21-13-12-19(27-28-21)16-7-9-17(10-8-16)23(24)25/h7-10,12-13,15H,2-6,11,14H2,1H3,(H3,24,25)(H,30,31). The van der Waals surface area contributed by atoms with Gasteiger partial charge in [0.05, 0.1) is 17.8 Å². The number of aromatic nitrogens is 4. The largest absolute Gasteiger partial charge is 0.481 e. The molecule has 31 heavy (non-hydrogen) atoms. The van der Waals surface area contributed by atoms with Crippen molar-refractivity contribution in [3.63, 3.8) is 0 Å². The van der Waals surface area contributed by atoms with E-state index < -0.39 is 5.97 Å². The summed E-state index contributed by atoms with van der Waals surface area (Å²) in [4.78, 5) is 15.6. The third-order valence-corrected chi connectivity index (χ3v) is 5.07. The van der Waals surface area contributed by atoms with Gasteiger partial charge in [-0.2, -0.15) is 0 Å². The average Bonchev–Trinajstić information content (AvgIpc) is 3.18. The van der Waals surface area contributed by atoms with E-state index in [1.165, 1.54) is 12.8 Å². The Kier molecular flexibility index (Phi) is 7.48. The molecule has 0 fully saturated rings. The second kappa shape index (κ2) is 10.5. The van der Waals surface area contributed by atoms with E-state index in [4.69, 9.17) is 16.2 Å². The first-order chi connectivity index (χ1) is 15.0. The van der Waals surface area contributed by atoms with Crippen molar-refractivity contribution in [2.75, 3.05) is 0 Å². The van der Waals surface area contributed by atoms with Gasteiger partial charge in [0.15, 0.2) is 5.82 Å². The number of nitrogen functional groups attached to an aromatic ring is 1. The van der Waals surface area contributed by atoms with Crippen molar-refractivity contribution >= 4 is 11.8 Å². The number of hydrogen-bond acceptors (Lipinski definition) is 5. The van der Waals surface area contributed by atoms with Gasteiger partial charge in [-0.25, -0.2) is 4.98 Å². The van der Waals surface area contributed by atoms with Crippen molar-refractivity contribution in [3.8, 4) is 17.1 Å². The fourth-order valence-electron chi connectivity index (χ4n) is 3.34. The van der Waals surface area contributed by atoms with Crippen LogP contribution in [-0.4, -0.2) is 36.7 Å². The van der Waals surface area contributed by atoms with Crippen LogP contribution in [0.25, 0.3) is 17.1 Å². The summed E-state index contributed by atoms with van der Waals surface area (Å²) in [7, 11) is 0. The predicted molar refractivity (Wildman–Crippen MR) is 119 cm³/mol. The summed E-state index contributed by atoms with van der Waals surface area (Å²) in [6.07, 6.45) is 7.62. The molecule has 0 unspecified atom stereocenters. The van der Waals surface area contributed by atoms with Gasteiger partial charge in [0, 0.05) is 30.2 Å². The zero-order valence-electron chi connectivity index (χ0n) is 17.7. The van der Waals surface area contributed by atoms with Crippen LogP contribution in [0.1, 0.15) is 56.1 Å². The summed E-state index contributed by atoms with van der Waals surface area (Å²) in [5.74, 6) is 0.727. The number of aliphatic carboxylic acids is 1. The highest BCUT2D eigenvalue weighted by Gasteiger charge is 2.13. The molecule has 0 aliphatic heterocycles. The number of rotatable bonds is 11. The van der Waals surface area contributed by atoms with Gasteiger partial charge in [0.2, 0.25) is 0 Å². The molecule has 8 nitrogen and oxygen atoms in total. The maximum atomic E-state index is 10.9. The number of benzene rings is 1. The van der Waals surface area contributed by atoms with Crippen LogP contribution >= 0.6 is 0 Å². The lowest BCUT2D eigenvalue weighted by molar-refractivity contribution is -0.136. The Hall–Kier alpha value is -3.55. The van der Waals surface area contributed by atoms with Gasteiger partial charge in [0.1, 0.15) is 11.7 Å². The van der Waals surface area contributed by atoms with Crippen molar-refractivity contribution in [3.05, 3.63) is 59.7 Å². The van der Waals surface area contributed by atoms with Crippen LogP contribution in [0, 0.1) is 5.41 Å². The Bertz CT molecular complexity index is 1030. The molecule has 162 valence electrons. The van der Waals surface area contributed by atoms with Crippen LogP contribution in [-0.2, 0) is 17.6 Å². The van der Waals surface area contributed by atoms with Crippen molar-refractivity contribution in [1.82, 2.24) is 19.7 Å². The lowest BCUT2D eigenvalue weighted by atomic mass is 10.1. The minimum absolute atomic E-state index is 0.0262. The van der Waals surface area contributed by atoms with E-state index in [2.05, 4.69) is 22.1 Å². The molecule has 0 atom stereocenters. The zero-order chi connectivity index (χ0) is 22.2. The minimum atomic E-state index is -0.834. The summed E-state index contributed by atoms with van der Waals surface area (Å²) in [5.41, 5.74) is 8.52. The second-order valence-corrected chi connectivity index (χ2v) is 7.49. The van der Waals surface area contributed by atoms with E-state index in [9.17, 15) is 4.79 Å². The van der Waals surface area contributed by atoms with Gasteiger partial charge in [0.25, 0.3) is 0 Å². The smallest absolute Gasteiger partial charge is 0.303 e. The first-order valence-electron chi connectivity index (χ1n) is 10.6. The van der Waals surface area contributed by atoms with Crippen molar-refractivity contribution in [2.45, 2.75) is 51.9 Å². The zero-order valence-corrected chi connectivity index (χ0v) is 17.7. The summed E-state index contributed by atoms with van der Waals surface area (Å²) in [6.45, 7) is 2.18. The molecular formula is C23H28N6O2. The molecule has 0 spiro atoms. The monoisotopic (exact) mass is 420 g/mol. The van der Waals surface area contributed by atoms with Crippen LogP contribution in [0.2, 0.25) is 0 Å². The van der Waals surface area contributed by atoms with Gasteiger partial charge in [-0.3, -0.25) is 14.8 Å². The highest BCUT2D eigenvalue weighted by Crippen LogP contribution is 2.20. The number of imidazole rings is 1. The Morgan fingerprint density at radius 2 is 1.84 bits per heavy atom. The molecule has 0 radical (unpaired) electrons. The van der Waals surface area contributed by atoms with Crippen molar-refractivity contribution in [1.29, 1.82) is 5.41 Å². The van der Waals surface area contributed by atoms with Gasteiger partial charge in [-0.1, -0.05) is 50.5 Å². The number of aryl methyl sites for hydroxylation is 2. The number of nitrogens with one attached hydrogen (secondary N) is 1. The van der Waals surface area contributed by atoms with Gasteiger partial charge in [-0.05, 0) is 18.6 Å². The lowest BCUT2D eigenvalue weighted by Crippen LogP contribution is -2.10. The average molecular weight is 421 g/mol. The fourth-order valence-corrected chi connectivity index (χ4v) is 3.34. The molecule has 0 aliphatic carbocycles. The Morgan fingerprint density at radius 1 is 1.06 bits per heavy atom. The molecule has 2 heterocycles. The third-order valence-electron chi connectivity index (χ3n) is 5.07. The number of carbonyl (C=O) groups is 1. The van der Waals surface area contributed by atoms with E-state index >= 15 is 0 Å². The molecule has 1 aromatic carbocycles. The number of carboxylic acid groups (broad SMARTS) is 1. The van der Waals surface area contributed by atoms with E-state index in [0.29, 0.717) is 17.8 Å². The highest BCUT2D eigenvalue weighted by atomic mass is 16.4. The van der Waals surface area contributed by atoms with Crippen LogP contribution in [0.4, 0.5) is 0 Å². The first-order valence-corrected chi connectivity index (χ1v) is 10.6. The number of nitrogens with zero attached hydrogens (tertiary/aromatic N) is 4. The van der Waals surface area contributed by atoms with Crippen LogP contribution < -0.4 is 5.73 Å². The molecule has 0 saturated heterocycles. The van der Waals surface area contributed by atoms with Crippen LogP contribution in [0.15, 0.2) is 42.6 Å². The normalized spacial score (nSPS) is 10.9. The summed E-state index contributed by atoms with van der Waals surface area (Å²) in [6, 6.07) is 11.1. The number of hydrogen-bond donors (Lipinski definition) is 3. The molecule has 8 heteroatoms. The Labute approximate surface area is 181 Å². The first kappa shape index (κ1) is 22.1. The van der Waals surface area contributed by atoms with E-state index in [1.54, 1.807) is 12.1 Å². The molecule has 4 N–H and O–H groups in total. The quantitative estimate of drug-likeness (QED) is 0.246.